The minimum atomic E-state index is 0.969. The molecular weight excluding hydrogens is 677 g/mol. The van der Waals surface area contributed by atoms with Gasteiger partial charge in [-0.25, -0.2) is 0 Å². The molecule has 2 aliphatic rings. The van der Waals surface area contributed by atoms with E-state index in [-0.39, 0.29) is 0 Å². The molecule has 0 aromatic heterocycles. The van der Waals surface area contributed by atoms with Crippen molar-refractivity contribution in [3.05, 3.63) is 216 Å². The third-order valence-corrected chi connectivity index (χ3v) is 11.6. The summed E-state index contributed by atoms with van der Waals surface area (Å²) in [6.45, 7) is 0. The molecule has 2 heteroatoms. The van der Waals surface area contributed by atoms with Crippen LogP contribution in [0.15, 0.2) is 194 Å². The van der Waals surface area contributed by atoms with Crippen LogP contribution in [0.1, 0.15) is 22.3 Å². The number of para-hydroxylation sites is 1. The summed E-state index contributed by atoms with van der Waals surface area (Å²) in [6.07, 6.45) is 11.2. The molecule has 0 amide bonds. The Morgan fingerprint density at radius 3 is 1.68 bits per heavy atom. The summed E-state index contributed by atoms with van der Waals surface area (Å²) in [5.41, 5.74) is 14.7. The molecule has 9 aromatic rings. The lowest BCUT2D eigenvalue weighted by atomic mass is 9.84. The van der Waals surface area contributed by atoms with Crippen molar-refractivity contribution < 1.29 is 0 Å². The van der Waals surface area contributed by atoms with Crippen LogP contribution in [0.25, 0.3) is 55.6 Å². The maximum atomic E-state index is 2.43. The number of hydrogen-bond donors (Lipinski definition) is 0. The van der Waals surface area contributed by atoms with E-state index in [0.29, 0.717) is 0 Å². The first-order valence-corrected chi connectivity index (χ1v) is 19.5. The predicted molar refractivity (Wildman–Crippen MR) is 239 cm³/mol. The zero-order valence-electron chi connectivity index (χ0n) is 30.9. The van der Waals surface area contributed by atoms with Gasteiger partial charge in [-0.1, -0.05) is 146 Å². The van der Waals surface area contributed by atoms with Crippen molar-refractivity contribution in [2.45, 2.75) is 12.8 Å². The van der Waals surface area contributed by atoms with Crippen molar-refractivity contribution in [2.75, 3.05) is 9.80 Å². The van der Waals surface area contributed by atoms with Gasteiger partial charge in [0.2, 0.25) is 0 Å². The van der Waals surface area contributed by atoms with E-state index >= 15 is 0 Å². The van der Waals surface area contributed by atoms with Crippen LogP contribution in [0.2, 0.25) is 0 Å². The molecule has 0 saturated carbocycles. The van der Waals surface area contributed by atoms with E-state index in [2.05, 4.69) is 216 Å². The number of hydrogen-bond acceptors (Lipinski definition) is 2. The Kier molecular flexibility index (Phi) is 7.67. The molecule has 0 fully saturated rings. The lowest BCUT2D eigenvalue weighted by Gasteiger charge is -2.31. The summed E-state index contributed by atoms with van der Waals surface area (Å²) in [6, 6.07) is 66.5. The van der Waals surface area contributed by atoms with E-state index in [1.165, 1.54) is 71.4 Å². The fraction of sp³-hybridized carbons (Fsp3) is 0.0370. The molecule has 11 rings (SSSR count). The van der Waals surface area contributed by atoms with Crippen molar-refractivity contribution in [1.82, 2.24) is 0 Å². The number of fused-ring (bicyclic) bond motifs is 2. The fourth-order valence-electron chi connectivity index (χ4n) is 8.95. The Morgan fingerprint density at radius 2 is 0.929 bits per heavy atom. The number of anilines is 6. The van der Waals surface area contributed by atoms with E-state index in [1.807, 2.05) is 0 Å². The highest BCUT2D eigenvalue weighted by molar-refractivity contribution is 6.08. The molecule has 0 heterocycles. The van der Waals surface area contributed by atoms with Gasteiger partial charge < -0.3 is 9.80 Å². The molecule has 0 unspecified atom stereocenters. The average molecular weight is 715 g/mol. The van der Waals surface area contributed by atoms with Crippen molar-refractivity contribution in [1.29, 1.82) is 0 Å². The SMILES string of the molecule is C1=Cc2cc(N(c3ccccc3)c3ccc(-c4ccc(N(c5ccc6ccccc6c5)c5cccc6ccccc56)cc4)cc3)c3c4c(ccc(c24)C1)CC=C3. The van der Waals surface area contributed by atoms with Crippen LogP contribution in [0, 0.1) is 0 Å². The molecule has 0 bridgehead atoms. The van der Waals surface area contributed by atoms with Crippen LogP contribution in [0.3, 0.4) is 0 Å². The summed E-state index contributed by atoms with van der Waals surface area (Å²) in [7, 11) is 0. The summed E-state index contributed by atoms with van der Waals surface area (Å²) in [5.74, 6) is 0. The van der Waals surface area contributed by atoms with Gasteiger partial charge >= 0.3 is 0 Å². The van der Waals surface area contributed by atoms with E-state index in [1.54, 1.807) is 0 Å². The second kappa shape index (κ2) is 13.3. The lowest BCUT2D eigenvalue weighted by Crippen LogP contribution is -2.13. The summed E-state index contributed by atoms with van der Waals surface area (Å²) in [4.78, 5) is 4.82. The summed E-state index contributed by atoms with van der Waals surface area (Å²) >= 11 is 0. The van der Waals surface area contributed by atoms with E-state index < -0.39 is 0 Å². The summed E-state index contributed by atoms with van der Waals surface area (Å²) in [5, 5.41) is 7.73. The van der Waals surface area contributed by atoms with Crippen molar-refractivity contribution in [2.24, 2.45) is 0 Å². The molecule has 56 heavy (non-hydrogen) atoms. The Hall–Kier alpha value is -7.16. The first-order chi connectivity index (χ1) is 27.8. The minimum absolute atomic E-state index is 0.969. The van der Waals surface area contributed by atoms with Gasteiger partial charge in [0.15, 0.2) is 0 Å². The van der Waals surface area contributed by atoms with Gasteiger partial charge in [-0.3, -0.25) is 0 Å². The quantitative estimate of drug-likeness (QED) is 0.162. The van der Waals surface area contributed by atoms with E-state index in [4.69, 9.17) is 0 Å². The van der Waals surface area contributed by atoms with Gasteiger partial charge in [0.05, 0.1) is 11.4 Å². The van der Waals surface area contributed by atoms with Crippen LogP contribution in [0.4, 0.5) is 34.1 Å². The smallest absolute Gasteiger partial charge is 0.0546 e. The third-order valence-electron chi connectivity index (χ3n) is 11.6. The second-order valence-corrected chi connectivity index (χ2v) is 14.9. The number of allylic oxidation sites excluding steroid dienone is 2. The molecule has 0 aliphatic heterocycles. The zero-order valence-corrected chi connectivity index (χ0v) is 30.9. The van der Waals surface area contributed by atoms with E-state index in [9.17, 15) is 0 Å². The van der Waals surface area contributed by atoms with Crippen molar-refractivity contribution in [3.8, 4) is 11.1 Å². The minimum Gasteiger partial charge on any atom is -0.310 e. The molecule has 9 aromatic carbocycles. The fourth-order valence-corrected chi connectivity index (χ4v) is 8.95. The molecule has 0 atom stereocenters. The monoisotopic (exact) mass is 714 g/mol. The van der Waals surface area contributed by atoms with Crippen LogP contribution in [0.5, 0.6) is 0 Å². The first kappa shape index (κ1) is 32.3. The second-order valence-electron chi connectivity index (χ2n) is 14.9. The maximum Gasteiger partial charge on any atom is 0.0546 e. The molecule has 0 N–H and O–H groups in total. The van der Waals surface area contributed by atoms with Gasteiger partial charge in [-0.05, 0) is 128 Å². The Balaban J connectivity index is 0.990. The number of rotatable bonds is 7. The lowest BCUT2D eigenvalue weighted by molar-refractivity contribution is 1.22. The number of nitrogens with zero attached hydrogens (tertiary/aromatic N) is 2. The Bertz CT molecular complexity index is 3000. The van der Waals surface area contributed by atoms with Crippen LogP contribution < -0.4 is 9.80 Å². The highest BCUT2D eigenvalue weighted by Gasteiger charge is 2.24. The molecule has 264 valence electrons. The van der Waals surface area contributed by atoms with Gasteiger partial charge in [-0.15, -0.1) is 0 Å². The standard InChI is InChI=1S/C54H38N2/c1-2-18-45(19-3-1)55(52-36-44-17-8-15-41-23-24-42-16-9-21-50(52)54(42)53(41)44)46-30-25-38(26-31-46)39-27-32-47(33-28-39)56(48-34-29-37-11-4-5-13-43(37)35-48)51-22-10-14-40-12-6-7-20-49(40)51/h1-14,17-36H,15-16H2. The molecule has 2 aliphatic carbocycles. The van der Waals surface area contributed by atoms with Crippen molar-refractivity contribution in [3.63, 3.8) is 0 Å². The highest BCUT2D eigenvalue weighted by Crippen LogP contribution is 2.46. The Morgan fingerprint density at radius 1 is 0.357 bits per heavy atom. The Labute approximate surface area is 327 Å². The summed E-state index contributed by atoms with van der Waals surface area (Å²) < 4.78 is 0. The van der Waals surface area contributed by atoms with E-state index in [0.717, 1.165) is 41.3 Å². The first-order valence-electron chi connectivity index (χ1n) is 19.5. The van der Waals surface area contributed by atoms with Crippen LogP contribution in [-0.2, 0) is 12.8 Å². The largest absolute Gasteiger partial charge is 0.310 e. The molecule has 0 radical (unpaired) electrons. The predicted octanol–water partition coefficient (Wildman–Crippen LogP) is 14.9. The highest BCUT2D eigenvalue weighted by atomic mass is 15.1. The average Bonchev–Trinajstić information content (AvgIpc) is 3.27. The maximum absolute atomic E-state index is 2.43. The van der Waals surface area contributed by atoms with Crippen LogP contribution >= 0.6 is 0 Å². The molecule has 0 saturated heterocycles. The van der Waals surface area contributed by atoms with Gasteiger partial charge in [0.25, 0.3) is 0 Å². The zero-order chi connectivity index (χ0) is 37.0. The normalized spacial score (nSPS) is 12.7. The van der Waals surface area contributed by atoms with Crippen molar-refractivity contribution >= 4 is 78.6 Å². The van der Waals surface area contributed by atoms with Gasteiger partial charge in [0, 0.05) is 33.7 Å². The molecule has 2 nitrogen and oxygen atoms in total. The topological polar surface area (TPSA) is 6.48 Å². The van der Waals surface area contributed by atoms with Crippen LogP contribution in [-0.4, -0.2) is 0 Å². The third kappa shape index (κ3) is 5.41. The number of benzene rings is 9. The molecule has 0 spiro atoms. The molecular formula is C54H38N2. The van der Waals surface area contributed by atoms with Gasteiger partial charge in [-0.2, -0.15) is 0 Å². The van der Waals surface area contributed by atoms with Gasteiger partial charge in [0.1, 0.15) is 0 Å².